The first-order valence-electron chi connectivity index (χ1n) is 6.33. The van der Waals surface area contributed by atoms with Crippen LogP contribution in [0.25, 0.3) is 0 Å². The van der Waals surface area contributed by atoms with Crippen molar-refractivity contribution in [2.24, 2.45) is 5.73 Å². The van der Waals surface area contributed by atoms with E-state index in [0.29, 0.717) is 18.0 Å². The molecular weight excluding hydrogens is 262 g/mol. The van der Waals surface area contributed by atoms with Gasteiger partial charge in [0.1, 0.15) is 0 Å². The smallest absolute Gasteiger partial charge is 0.222 e. The molecule has 0 saturated carbocycles. The van der Waals surface area contributed by atoms with Crippen LogP contribution in [-0.2, 0) is 4.79 Å². The molecule has 0 aliphatic rings. The van der Waals surface area contributed by atoms with Gasteiger partial charge in [0.25, 0.3) is 0 Å². The molecular formula is C14H22ClN3O. The molecule has 1 unspecified atom stereocenters. The van der Waals surface area contributed by atoms with E-state index in [9.17, 15) is 4.79 Å². The maximum absolute atomic E-state index is 11.8. The van der Waals surface area contributed by atoms with Crippen molar-refractivity contribution < 1.29 is 4.79 Å². The van der Waals surface area contributed by atoms with Crippen LogP contribution >= 0.6 is 11.6 Å². The Balaban J connectivity index is 2.54. The van der Waals surface area contributed by atoms with Gasteiger partial charge in [0, 0.05) is 35.3 Å². The highest BCUT2D eigenvalue weighted by atomic mass is 35.5. The highest BCUT2D eigenvalue weighted by molar-refractivity contribution is 6.30. The van der Waals surface area contributed by atoms with Crippen LogP contribution in [0.15, 0.2) is 24.3 Å². The Morgan fingerprint density at radius 3 is 2.37 bits per heavy atom. The summed E-state index contributed by atoms with van der Waals surface area (Å²) in [6.07, 6.45) is 0.344. The largest absolute Gasteiger partial charge is 0.381 e. The fourth-order valence-electron chi connectivity index (χ4n) is 1.67. The zero-order chi connectivity index (χ0) is 14.5. The summed E-state index contributed by atoms with van der Waals surface area (Å²) in [6.45, 7) is 6.25. The Bertz CT molecular complexity index is 412. The number of amides is 1. The molecule has 0 fully saturated rings. The summed E-state index contributed by atoms with van der Waals surface area (Å²) in [7, 11) is 0. The molecule has 0 aromatic heterocycles. The van der Waals surface area contributed by atoms with E-state index in [1.807, 2.05) is 32.9 Å². The van der Waals surface area contributed by atoms with Gasteiger partial charge < -0.3 is 16.4 Å². The second kappa shape index (κ2) is 6.78. The monoisotopic (exact) mass is 283 g/mol. The van der Waals surface area contributed by atoms with Gasteiger partial charge in [-0.05, 0) is 45.0 Å². The number of anilines is 1. The molecule has 106 valence electrons. The molecule has 1 amide bonds. The number of rotatable bonds is 5. The Hall–Kier alpha value is -1.26. The van der Waals surface area contributed by atoms with E-state index in [0.717, 1.165) is 5.69 Å². The number of hydrogen-bond donors (Lipinski definition) is 3. The van der Waals surface area contributed by atoms with E-state index < -0.39 is 0 Å². The lowest BCUT2D eigenvalue weighted by atomic mass is 10.1. The van der Waals surface area contributed by atoms with Crippen LogP contribution in [0.2, 0.25) is 5.02 Å². The molecule has 4 N–H and O–H groups in total. The molecule has 1 aromatic carbocycles. The van der Waals surface area contributed by atoms with E-state index >= 15 is 0 Å². The summed E-state index contributed by atoms with van der Waals surface area (Å²) in [5.41, 5.74) is 6.37. The summed E-state index contributed by atoms with van der Waals surface area (Å²) in [6, 6.07) is 7.24. The zero-order valence-corrected chi connectivity index (χ0v) is 12.4. The molecule has 0 radical (unpaired) electrons. The van der Waals surface area contributed by atoms with Gasteiger partial charge in [0.2, 0.25) is 5.91 Å². The Labute approximate surface area is 119 Å². The van der Waals surface area contributed by atoms with Gasteiger partial charge in [-0.25, -0.2) is 0 Å². The molecule has 19 heavy (non-hydrogen) atoms. The van der Waals surface area contributed by atoms with Crippen molar-refractivity contribution in [1.82, 2.24) is 5.32 Å². The maximum Gasteiger partial charge on any atom is 0.222 e. The lowest BCUT2D eigenvalue weighted by Crippen LogP contribution is -2.44. The number of carbonyl (C=O) groups is 1. The van der Waals surface area contributed by atoms with E-state index in [1.165, 1.54) is 0 Å². The van der Waals surface area contributed by atoms with Gasteiger partial charge in [0.15, 0.2) is 0 Å². The first-order valence-corrected chi connectivity index (χ1v) is 6.71. The van der Waals surface area contributed by atoms with Gasteiger partial charge in [0.05, 0.1) is 0 Å². The third-order valence-electron chi connectivity index (χ3n) is 2.45. The SMILES string of the molecule is CC(C)(C)NC(=O)CC(CN)Nc1ccc(Cl)cc1. The molecule has 5 heteroatoms. The van der Waals surface area contributed by atoms with E-state index in [4.69, 9.17) is 17.3 Å². The summed E-state index contributed by atoms with van der Waals surface area (Å²) in [5.74, 6) is -0.00980. The quantitative estimate of drug-likeness (QED) is 0.777. The van der Waals surface area contributed by atoms with Gasteiger partial charge in [-0.15, -0.1) is 0 Å². The van der Waals surface area contributed by atoms with Crippen molar-refractivity contribution in [2.75, 3.05) is 11.9 Å². The number of benzene rings is 1. The van der Waals surface area contributed by atoms with Crippen LogP contribution in [0.3, 0.4) is 0 Å². The second-order valence-electron chi connectivity index (χ2n) is 5.59. The average molecular weight is 284 g/mol. The molecule has 1 rings (SSSR count). The number of carbonyl (C=O) groups excluding carboxylic acids is 1. The fraction of sp³-hybridized carbons (Fsp3) is 0.500. The highest BCUT2D eigenvalue weighted by Gasteiger charge is 2.17. The van der Waals surface area contributed by atoms with Crippen molar-refractivity contribution in [2.45, 2.75) is 38.8 Å². The normalized spacial score (nSPS) is 12.9. The van der Waals surface area contributed by atoms with Gasteiger partial charge in [-0.1, -0.05) is 11.6 Å². The predicted molar refractivity (Wildman–Crippen MR) is 80.4 cm³/mol. The molecule has 1 aromatic rings. The standard InChI is InChI=1S/C14H22ClN3O/c1-14(2,3)18-13(19)8-12(9-16)17-11-6-4-10(15)5-7-11/h4-7,12,17H,8-9,16H2,1-3H3,(H,18,19). The number of hydrogen-bond acceptors (Lipinski definition) is 3. The molecule has 4 nitrogen and oxygen atoms in total. The van der Waals surface area contributed by atoms with E-state index in [2.05, 4.69) is 10.6 Å². The first-order chi connectivity index (χ1) is 8.80. The van der Waals surface area contributed by atoms with Gasteiger partial charge in [-0.2, -0.15) is 0 Å². The zero-order valence-electron chi connectivity index (χ0n) is 11.7. The fourth-order valence-corrected chi connectivity index (χ4v) is 1.79. The molecule has 0 aliphatic heterocycles. The Kier molecular flexibility index (Phi) is 5.63. The molecule has 0 spiro atoms. The number of nitrogens with one attached hydrogen (secondary N) is 2. The predicted octanol–water partition coefficient (Wildman–Crippen LogP) is 2.38. The van der Waals surface area contributed by atoms with Crippen molar-refractivity contribution in [3.8, 4) is 0 Å². The lowest BCUT2D eigenvalue weighted by molar-refractivity contribution is -0.122. The Morgan fingerprint density at radius 1 is 1.32 bits per heavy atom. The van der Waals surface area contributed by atoms with Crippen LogP contribution in [0.1, 0.15) is 27.2 Å². The van der Waals surface area contributed by atoms with Crippen LogP contribution < -0.4 is 16.4 Å². The van der Waals surface area contributed by atoms with E-state index in [1.54, 1.807) is 12.1 Å². The maximum atomic E-state index is 11.8. The second-order valence-corrected chi connectivity index (χ2v) is 6.02. The van der Waals surface area contributed by atoms with Crippen molar-refractivity contribution in [3.63, 3.8) is 0 Å². The molecule has 0 saturated heterocycles. The number of halogens is 1. The van der Waals surface area contributed by atoms with Crippen LogP contribution in [0.5, 0.6) is 0 Å². The van der Waals surface area contributed by atoms with Crippen LogP contribution in [0, 0.1) is 0 Å². The van der Waals surface area contributed by atoms with Crippen LogP contribution in [0.4, 0.5) is 5.69 Å². The van der Waals surface area contributed by atoms with Crippen LogP contribution in [-0.4, -0.2) is 24.0 Å². The third-order valence-corrected chi connectivity index (χ3v) is 2.70. The lowest BCUT2D eigenvalue weighted by Gasteiger charge is -2.23. The minimum absolute atomic E-state index is 0.00980. The van der Waals surface area contributed by atoms with Gasteiger partial charge in [-0.3, -0.25) is 4.79 Å². The van der Waals surface area contributed by atoms with Gasteiger partial charge >= 0.3 is 0 Å². The highest BCUT2D eigenvalue weighted by Crippen LogP contribution is 2.15. The summed E-state index contributed by atoms with van der Waals surface area (Å²) in [4.78, 5) is 11.8. The van der Waals surface area contributed by atoms with Crippen molar-refractivity contribution in [3.05, 3.63) is 29.3 Å². The number of nitrogens with two attached hydrogens (primary N) is 1. The molecule has 0 bridgehead atoms. The minimum Gasteiger partial charge on any atom is -0.381 e. The third kappa shape index (κ3) is 6.45. The van der Waals surface area contributed by atoms with Crippen molar-refractivity contribution in [1.29, 1.82) is 0 Å². The van der Waals surface area contributed by atoms with E-state index in [-0.39, 0.29) is 17.5 Å². The minimum atomic E-state index is -0.226. The summed E-state index contributed by atoms with van der Waals surface area (Å²) >= 11 is 5.82. The average Bonchev–Trinajstić information content (AvgIpc) is 2.28. The summed E-state index contributed by atoms with van der Waals surface area (Å²) in [5, 5.41) is 6.83. The Morgan fingerprint density at radius 2 is 1.89 bits per heavy atom. The molecule has 1 atom stereocenters. The molecule has 0 heterocycles. The van der Waals surface area contributed by atoms with Crippen molar-refractivity contribution >= 4 is 23.2 Å². The topological polar surface area (TPSA) is 67.2 Å². The first kappa shape index (κ1) is 15.8. The molecule has 0 aliphatic carbocycles. The summed E-state index contributed by atoms with van der Waals surface area (Å²) < 4.78 is 0.